The first-order chi connectivity index (χ1) is 9.44. The monoisotopic (exact) mass is 357 g/mol. The number of rotatable bonds is 5. The molecule has 0 fully saturated rings. The lowest BCUT2D eigenvalue weighted by Crippen LogP contribution is -2.21. The Morgan fingerprint density at radius 1 is 1.40 bits per heavy atom. The van der Waals surface area contributed by atoms with Crippen molar-refractivity contribution in [2.24, 2.45) is 0 Å². The molecule has 0 bridgehead atoms. The largest absolute Gasteiger partial charge is 0.461 e. The van der Waals surface area contributed by atoms with Crippen molar-refractivity contribution in [2.45, 2.75) is 26.5 Å². The Morgan fingerprint density at radius 2 is 2.15 bits per heavy atom. The van der Waals surface area contributed by atoms with Crippen LogP contribution < -0.4 is 15.4 Å². The number of nitrogens with two attached hydrogens (primary N) is 1. The lowest BCUT2D eigenvalue weighted by molar-refractivity contribution is 0.222. The number of nitrogens with zero attached hydrogens (tertiary/aromatic N) is 4. The van der Waals surface area contributed by atoms with Crippen LogP contribution in [0.25, 0.3) is 0 Å². The zero-order valence-corrected chi connectivity index (χ0v) is 13.9. The van der Waals surface area contributed by atoms with Crippen molar-refractivity contribution >= 4 is 39.2 Å². The van der Waals surface area contributed by atoms with E-state index in [9.17, 15) is 0 Å². The maximum absolute atomic E-state index is 5.70. The third-order valence-corrected chi connectivity index (χ3v) is 3.90. The second-order valence-electron chi connectivity index (χ2n) is 4.56. The minimum Gasteiger partial charge on any atom is -0.461 e. The molecule has 2 rings (SSSR count). The van der Waals surface area contributed by atoms with Crippen molar-refractivity contribution in [3.8, 4) is 6.01 Å². The number of halogens is 1. The average molecular weight is 358 g/mol. The van der Waals surface area contributed by atoms with E-state index in [-0.39, 0.29) is 18.1 Å². The topological polar surface area (TPSA) is 77.2 Å². The van der Waals surface area contributed by atoms with Gasteiger partial charge in [-0.25, -0.2) is 0 Å². The average Bonchev–Trinajstić information content (AvgIpc) is 2.73. The standard InChI is InChI=1S/C12H16BrN5OS/c1-7(2)19-12-16-10(14)15-11(17-12)18(3)5-8-4-9(13)20-6-8/h4,6-7H,5H2,1-3H3,(H2,14,15,16,17). The Balaban J connectivity index is 2.16. The molecule has 0 unspecified atom stereocenters. The van der Waals surface area contributed by atoms with Gasteiger partial charge in [-0.15, -0.1) is 11.3 Å². The minimum absolute atomic E-state index is 0.0113. The van der Waals surface area contributed by atoms with Gasteiger partial charge in [0.25, 0.3) is 0 Å². The first-order valence-electron chi connectivity index (χ1n) is 6.06. The van der Waals surface area contributed by atoms with Crippen molar-refractivity contribution in [2.75, 3.05) is 17.7 Å². The van der Waals surface area contributed by atoms with Gasteiger partial charge in [-0.3, -0.25) is 0 Å². The van der Waals surface area contributed by atoms with Gasteiger partial charge in [-0.1, -0.05) is 0 Å². The van der Waals surface area contributed by atoms with Gasteiger partial charge in [0.15, 0.2) is 0 Å². The highest BCUT2D eigenvalue weighted by atomic mass is 79.9. The lowest BCUT2D eigenvalue weighted by atomic mass is 10.3. The van der Waals surface area contributed by atoms with E-state index in [0.29, 0.717) is 12.5 Å². The number of nitrogen functional groups attached to an aromatic ring is 1. The second kappa shape index (κ2) is 6.36. The molecule has 20 heavy (non-hydrogen) atoms. The molecule has 2 aromatic heterocycles. The van der Waals surface area contributed by atoms with Crippen LogP contribution in [0.1, 0.15) is 19.4 Å². The van der Waals surface area contributed by atoms with Gasteiger partial charge in [0, 0.05) is 13.6 Å². The van der Waals surface area contributed by atoms with E-state index in [1.165, 1.54) is 5.56 Å². The highest BCUT2D eigenvalue weighted by molar-refractivity contribution is 9.11. The van der Waals surface area contributed by atoms with Crippen LogP contribution >= 0.6 is 27.3 Å². The van der Waals surface area contributed by atoms with Crippen molar-refractivity contribution in [3.63, 3.8) is 0 Å². The summed E-state index contributed by atoms with van der Waals surface area (Å²) in [5.74, 6) is 0.652. The fourth-order valence-electron chi connectivity index (χ4n) is 1.57. The summed E-state index contributed by atoms with van der Waals surface area (Å²) in [7, 11) is 1.90. The molecular weight excluding hydrogens is 342 g/mol. The SMILES string of the molecule is CC(C)Oc1nc(N)nc(N(C)Cc2csc(Br)c2)n1. The molecular formula is C12H16BrN5OS. The van der Waals surface area contributed by atoms with Crippen LogP contribution in [-0.4, -0.2) is 28.1 Å². The van der Waals surface area contributed by atoms with Crippen LogP contribution in [0.3, 0.4) is 0 Å². The molecule has 108 valence electrons. The van der Waals surface area contributed by atoms with Gasteiger partial charge < -0.3 is 15.4 Å². The van der Waals surface area contributed by atoms with Gasteiger partial charge in [0.05, 0.1) is 9.89 Å². The molecule has 6 nitrogen and oxygen atoms in total. The van der Waals surface area contributed by atoms with Crippen LogP contribution in [0.15, 0.2) is 15.2 Å². The summed E-state index contributed by atoms with van der Waals surface area (Å²) in [5, 5.41) is 2.08. The first-order valence-corrected chi connectivity index (χ1v) is 7.73. The molecule has 0 saturated carbocycles. The number of ether oxygens (including phenoxy) is 1. The number of anilines is 2. The van der Waals surface area contributed by atoms with E-state index in [1.54, 1.807) is 11.3 Å². The summed E-state index contributed by atoms with van der Waals surface area (Å²) in [5.41, 5.74) is 6.87. The Labute approximate surface area is 130 Å². The molecule has 0 spiro atoms. The quantitative estimate of drug-likeness (QED) is 0.886. The van der Waals surface area contributed by atoms with Crippen LogP contribution in [0.2, 0.25) is 0 Å². The van der Waals surface area contributed by atoms with Crippen LogP contribution in [-0.2, 0) is 6.54 Å². The van der Waals surface area contributed by atoms with Crippen LogP contribution in [0.5, 0.6) is 6.01 Å². The van der Waals surface area contributed by atoms with E-state index in [1.807, 2.05) is 25.8 Å². The molecule has 0 aliphatic carbocycles. The van der Waals surface area contributed by atoms with Gasteiger partial charge in [0.2, 0.25) is 11.9 Å². The smallest absolute Gasteiger partial charge is 0.323 e. The summed E-state index contributed by atoms with van der Waals surface area (Å²) in [4.78, 5) is 14.3. The van der Waals surface area contributed by atoms with E-state index < -0.39 is 0 Å². The number of thiophene rings is 1. The van der Waals surface area contributed by atoms with Gasteiger partial charge in [-0.2, -0.15) is 15.0 Å². The molecule has 0 radical (unpaired) electrons. The van der Waals surface area contributed by atoms with E-state index in [0.717, 1.165) is 3.79 Å². The molecule has 2 heterocycles. The zero-order chi connectivity index (χ0) is 14.7. The third-order valence-electron chi connectivity index (χ3n) is 2.34. The lowest BCUT2D eigenvalue weighted by Gasteiger charge is -2.17. The van der Waals surface area contributed by atoms with Crippen LogP contribution in [0.4, 0.5) is 11.9 Å². The number of hydrogen-bond acceptors (Lipinski definition) is 7. The Morgan fingerprint density at radius 3 is 2.75 bits per heavy atom. The molecule has 0 saturated heterocycles. The van der Waals surface area contributed by atoms with E-state index in [4.69, 9.17) is 10.5 Å². The third kappa shape index (κ3) is 4.04. The van der Waals surface area contributed by atoms with Crippen molar-refractivity contribution in [1.82, 2.24) is 15.0 Å². The molecule has 0 aliphatic heterocycles. The summed E-state index contributed by atoms with van der Waals surface area (Å²) in [6.07, 6.45) is -0.0113. The highest BCUT2D eigenvalue weighted by Gasteiger charge is 2.12. The fraction of sp³-hybridized carbons (Fsp3) is 0.417. The number of hydrogen-bond donors (Lipinski definition) is 1. The maximum Gasteiger partial charge on any atom is 0.323 e. The van der Waals surface area contributed by atoms with Gasteiger partial charge >= 0.3 is 6.01 Å². The molecule has 2 N–H and O–H groups in total. The highest BCUT2D eigenvalue weighted by Crippen LogP contribution is 2.23. The van der Waals surface area contributed by atoms with Crippen molar-refractivity contribution in [3.05, 3.63) is 20.8 Å². The predicted octanol–water partition coefficient (Wildman–Crippen LogP) is 2.70. The normalized spacial score (nSPS) is 10.8. The summed E-state index contributed by atoms with van der Waals surface area (Å²) >= 11 is 5.09. The predicted molar refractivity (Wildman–Crippen MR) is 84.1 cm³/mol. The molecule has 2 aromatic rings. The Kier molecular flexibility index (Phi) is 4.77. The van der Waals surface area contributed by atoms with Gasteiger partial charge in [0.1, 0.15) is 0 Å². The second-order valence-corrected chi connectivity index (χ2v) is 6.85. The van der Waals surface area contributed by atoms with Crippen LogP contribution in [0, 0.1) is 0 Å². The minimum atomic E-state index is -0.0113. The molecule has 0 atom stereocenters. The van der Waals surface area contributed by atoms with E-state index in [2.05, 4.69) is 42.3 Å². The molecule has 0 amide bonds. The van der Waals surface area contributed by atoms with Crippen molar-refractivity contribution in [1.29, 1.82) is 0 Å². The molecule has 0 aliphatic rings. The zero-order valence-electron chi connectivity index (χ0n) is 11.5. The number of aromatic nitrogens is 3. The summed E-state index contributed by atoms with van der Waals surface area (Å²) in [6.45, 7) is 4.51. The molecule has 8 heteroatoms. The molecule has 0 aromatic carbocycles. The Hall–Kier alpha value is -1.41. The summed E-state index contributed by atoms with van der Waals surface area (Å²) < 4.78 is 6.56. The summed E-state index contributed by atoms with van der Waals surface area (Å²) in [6, 6.07) is 2.32. The van der Waals surface area contributed by atoms with E-state index >= 15 is 0 Å². The van der Waals surface area contributed by atoms with Crippen molar-refractivity contribution < 1.29 is 4.74 Å². The maximum atomic E-state index is 5.70. The fourth-order valence-corrected chi connectivity index (χ4v) is 2.77. The Bertz CT molecular complexity index is 589. The van der Waals surface area contributed by atoms with Gasteiger partial charge in [-0.05, 0) is 46.8 Å². The first kappa shape index (κ1) is 15.0.